The van der Waals surface area contributed by atoms with E-state index in [-0.39, 0.29) is 11.7 Å². The van der Waals surface area contributed by atoms with Gasteiger partial charge in [-0.15, -0.1) is 0 Å². The van der Waals surface area contributed by atoms with E-state index in [1.54, 1.807) is 12.1 Å². The SMILES string of the molecule is Cc1ccc(O)c(N=Nc2ccccc2C(=O)[O][Sn]([CH]2CCCCC2)([CH]2CCCCC2)[CH]2CCCCC2)c1. The number of benzene rings is 2. The van der Waals surface area contributed by atoms with E-state index in [9.17, 15) is 9.90 Å². The molecule has 3 aliphatic rings. The third kappa shape index (κ3) is 6.13. The van der Waals surface area contributed by atoms with Crippen molar-refractivity contribution >= 4 is 36.1 Å². The van der Waals surface area contributed by atoms with Crippen molar-refractivity contribution in [2.45, 2.75) is 115 Å². The molecule has 0 unspecified atom stereocenters. The first kappa shape index (κ1) is 27.7. The Morgan fingerprint density at radius 2 is 1.24 bits per heavy atom. The van der Waals surface area contributed by atoms with Crippen molar-refractivity contribution in [1.82, 2.24) is 0 Å². The molecule has 0 radical (unpaired) electrons. The molecule has 1 N–H and O–H groups in total. The summed E-state index contributed by atoms with van der Waals surface area (Å²) in [7, 11) is 0. The van der Waals surface area contributed by atoms with Crippen LogP contribution in [0, 0.1) is 6.92 Å². The van der Waals surface area contributed by atoms with Crippen LogP contribution in [0.4, 0.5) is 11.4 Å². The summed E-state index contributed by atoms with van der Waals surface area (Å²) >= 11 is -3.48. The van der Waals surface area contributed by atoms with Crippen LogP contribution in [0.2, 0.25) is 11.8 Å². The van der Waals surface area contributed by atoms with Gasteiger partial charge in [-0.1, -0.05) is 0 Å². The Labute approximate surface area is 232 Å². The summed E-state index contributed by atoms with van der Waals surface area (Å²) in [5.41, 5.74) is 2.45. The number of carbonyl (C=O) groups is 1. The molecular weight excluding hydrogens is 579 g/mol. The normalized spacial score (nSPS) is 20.6. The minimum atomic E-state index is -3.48. The zero-order valence-corrected chi connectivity index (χ0v) is 25.9. The zero-order valence-electron chi connectivity index (χ0n) is 23.0. The van der Waals surface area contributed by atoms with Crippen molar-refractivity contribution in [3.8, 4) is 5.75 Å². The molecule has 0 bridgehead atoms. The van der Waals surface area contributed by atoms with Gasteiger partial charge in [0.15, 0.2) is 0 Å². The molecule has 3 fully saturated rings. The maximum atomic E-state index is 14.2. The number of aromatic hydroxyl groups is 1. The molecule has 5 nitrogen and oxygen atoms in total. The van der Waals surface area contributed by atoms with Gasteiger partial charge in [0.1, 0.15) is 0 Å². The van der Waals surface area contributed by atoms with Crippen LogP contribution in [0.1, 0.15) is 112 Å². The Balaban J connectivity index is 1.50. The van der Waals surface area contributed by atoms with Gasteiger partial charge < -0.3 is 0 Å². The van der Waals surface area contributed by atoms with Crippen LogP contribution in [0.5, 0.6) is 5.75 Å². The molecule has 2 aromatic rings. The van der Waals surface area contributed by atoms with E-state index in [0.29, 0.717) is 28.7 Å². The second-order valence-electron chi connectivity index (χ2n) is 12.0. The molecule has 0 heterocycles. The van der Waals surface area contributed by atoms with Gasteiger partial charge in [0.2, 0.25) is 0 Å². The Hall–Kier alpha value is -1.89. The van der Waals surface area contributed by atoms with Gasteiger partial charge in [0.05, 0.1) is 0 Å². The fourth-order valence-corrected chi connectivity index (χ4v) is 27.3. The number of rotatable bonds is 7. The van der Waals surface area contributed by atoms with E-state index in [0.717, 1.165) is 5.56 Å². The Bertz CT molecular complexity index is 1070. The molecule has 0 saturated heterocycles. The summed E-state index contributed by atoms with van der Waals surface area (Å²) < 4.78 is 9.17. The van der Waals surface area contributed by atoms with Crippen LogP contribution < -0.4 is 0 Å². The number of azo groups is 1. The van der Waals surface area contributed by atoms with E-state index >= 15 is 0 Å². The van der Waals surface area contributed by atoms with Crippen molar-refractivity contribution in [2.24, 2.45) is 10.2 Å². The summed E-state index contributed by atoms with van der Waals surface area (Å²) in [6, 6.07) is 12.8. The third-order valence-corrected chi connectivity index (χ3v) is 26.9. The van der Waals surface area contributed by atoms with Crippen molar-refractivity contribution in [3.63, 3.8) is 0 Å². The van der Waals surface area contributed by atoms with E-state index in [1.807, 2.05) is 37.3 Å². The molecular formula is C32H44N2O3Sn. The number of nitrogens with zero attached hydrogens (tertiary/aromatic N) is 2. The molecule has 6 heteroatoms. The molecule has 0 spiro atoms. The second-order valence-corrected chi connectivity index (χ2v) is 24.4. The van der Waals surface area contributed by atoms with Crippen LogP contribution in [0.3, 0.4) is 0 Å². The minimum absolute atomic E-state index is 0.0847. The second kappa shape index (κ2) is 13.0. The van der Waals surface area contributed by atoms with Gasteiger partial charge in [0, 0.05) is 0 Å². The fourth-order valence-electron chi connectivity index (χ4n) is 7.68. The maximum absolute atomic E-state index is 14.2. The van der Waals surface area contributed by atoms with Crippen LogP contribution >= 0.6 is 0 Å². The first-order chi connectivity index (χ1) is 18.6. The molecule has 204 valence electrons. The summed E-state index contributed by atoms with van der Waals surface area (Å²) in [5.74, 6) is -0.0768. The molecule has 38 heavy (non-hydrogen) atoms. The average Bonchev–Trinajstić information content (AvgIpc) is 2.98. The van der Waals surface area contributed by atoms with Gasteiger partial charge >= 0.3 is 234 Å². The summed E-state index contributed by atoms with van der Waals surface area (Å²) in [4.78, 5) is 14.2. The Morgan fingerprint density at radius 1 is 0.737 bits per heavy atom. The summed E-state index contributed by atoms with van der Waals surface area (Å²) in [5, 5.41) is 19.0. The predicted octanol–water partition coefficient (Wildman–Crippen LogP) is 10.2. The van der Waals surface area contributed by atoms with Crippen LogP contribution in [-0.4, -0.2) is 29.9 Å². The predicted molar refractivity (Wildman–Crippen MR) is 155 cm³/mol. The monoisotopic (exact) mass is 624 g/mol. The molecule has 0 atom stereocenters. The summed E-state index contributed by atoms with van der Waals surface area (Å²) in [6.07, 6.45) is 19.4. The van der Waals surface area contributed by atoms with Gasteiger partial charge in [0.25, 0.3) is 0 Å². The van der Waals surface area contributed by atoms with Crippen LogP contribution in [0.15, 0.2) is 52.7 Å². The molecule has 5 rings (SSSR count). The Morgan fingerprint density at radius 3 is 1.79 bits per heavy atom. The molecule has 2 aromatic carbocycles. The van der Waals surface area contributed by atoms with Crippen LogP contribution in [-0.2, 0) is 3.07 Å². The number of aryl methyl sites for hydroxylation is 1. The van der Waals surface area contributed by atoms with Gasteiger partial charge in [-0.05, 0) is 0 Å². The first-order valence-electron chi connectivity index (χ1n) is 15.1. The molecule has 0 amide bonds. The molecule has 3 saturated carbocycles. The third-order valence-electron chi connectivity index (χ3n) is 9.52. The zero-order chi connectivity index (χ0) is 26.4. The van der Waals surface area contributed by atoms with E-state index in [2.05, 4.69) is 10.2 Å². The topological polar surface area (TPSA) is 71.2 Å². The number of hydrogen-bond acceptors (Lipinski definition) is 5. The Kier molecular flexibility index (Phi) is 9.45. The van der Waals surface area contributed by atoms with E-state index in [4.69, 9.17) is 3.07 Å². The first-order valence-corrected chi connectivity index (χ1v) is 21.2. The van der Waals surface area contributed by atoms with Crippen molar-refractivity contribution < 1.29 is 13.0 Å². The standard InChI is InChI=1S/C14H12N2O3.3C6H11.Sn/c1-9-6-7-13(17)12(8-9)16-15-11-5-3-2-4-10(11)14(18)19;3*1-2-4-6-5-3-1;/h2-8,17H,1H3,(H,18,19);3*1H,2-6H2;/q;;;;+1/p-1. The quantitative estimate of drug-likeness (QED) is 0.247. The average molecular weight is 623 g/mol. The van der Waals surface area contributed by atoms with Crippen molar-refractivity contribution in [1.29, 1.82) is 0 Å². The number of carbonyl (C=O) groups excluding carboxylic acids is 1. The number of phenols is 1. The van der Waals surface area contributed by atoms with Gasteiger partial charge in [-0.2, -0.15) is 0 Å². The summed E-state index contributed by atoms with van der Waals surface area (Å²) in [6.45, 7) is 1.96. The number of hydrogen-bond donors (Lipinski definition) is 1. The van der Waals surface area contributed by atoms with Gasteiger partial charge in [-0.3, -0.25) is 0 Å². The van der Waals surface area contributed by atoms with Crippen molar-refractivity contribution in [2.75, 3.05) is 0 Å². The van der Waals surface area contributed by atoms with Gasteiger partial charge in [-0.25, -0.2) is 0 Å². The molecule has 0 aliphatic heterocycles. The number of phenolic OH excluding ortho intramolecular Hbond substituents is 1. The van der Waals surface area contributed by atoms with Crippen molar-refractivity contribution in [3.05, 3.63) is 53.6 Å². The molecule has 3 aliphatic carbocycles. The van der Waals surface area contributed by atoms with E-state index < -0.39 is 18.8 Å². The van der Waals surface area contributed by atoms with Crippen LogP contribution in [0.25, 0.3) is 0 Å². The fraction of sp³-hybridized carbons (Fsp3) is 0.594. The molecule has 0 aromatic heterocycles. The van der Waals surface area contributed by atoms with E-state index in [1.165, 1.54) is 96.3 Å².